The lowest BCUT2D eigenvalue weighted by Gasteiger charge is -2.52. The van der Waals surface area contributed by atoms with Crippen LogP contribution in [-0.4, -0.2) is 76.8 Å². The van der Waals surface area contributed by atoms with Crippen molar-refractivity contribution in [1.29, 1.82) is 0 Å². The van der Waals surface area contributed by atoms with E-state index in [0.717, 1.165) is 38.5 Å². The maximum Gasteiger partial charge on any atom is 0.410 e. The van der Waals surface area contributed by atoms with Crippen LogP contribution in [0.4, 0.5) is 4.79 Å². The van der Waals surface area contributed by atoms with Crippen molar-refractivity contribution < 1.29 is 29.2 Å². The number of piperidine rings is 1. The Labute approximate surface area is 167 Å². The highest BCUT2D eigenvalue weighted by Gasteiger charge is 2.50. The molecule has 1 saturated carbocycles. The van der Waals surface area contributed by atoms with Gasteiger partial charge in [-0.1, -0.05) is 0 Å². The second-order valence-electron chi connectivity index (χ2n) is 9.33. The zero-order valence-corrected chi connectivity index (χ0v) is 17.4. The second-order valence-corrected chi connectivity index (χ2v) is 9.33. The van der Waals surface area contributed by atoms with Crippen LogP contribution in [0.1, 0.15) is 65.7 Å². The van der Waals surface area contributed by atoms with Crippen LogP contribution in [-0.2, 0) is 14.2 Å². The summed E-state index contributed by atoms with van der Waals surface area (Å²) in [5.74, 6) is 0. The van der Waals surface area contributed by atoms with E-state index in [9.17, 15) is 15.0 Å². The molecular weight excluding hydrogens is 364 g/mol. The number of aliphatic hydroxyl groups is 2. The maximum atomic E-state index is 12.9. The van der Waals surface area contributed by atoms with Crippen molar-refractivity contribution in [1.82, 2.24) is 10.2 Å². The van der Waals surface area contributed by atoms with Crippen LogP contribution in [0, 0.1) is 0 Å². The molecule has 28 heavy (non-hydrogen) atoms. The molecule has 0 aromatic heterocycles. The molecule has 3 N–H and O–H groups in total. The topological polar surface area (TPSA) is 100 Å². The highest BCUT2D eigenvalue weighted by molar-refractivity contribution is 5.69. The van der Waals surface area contributed by atoms with Gasteiger partial charge in [-0.25, -0.2) is 4.79 Å². The average Bonchev–Trinajstić information content (AvgIpc) is 2.60. The zero-order valence-electron chi connectivity index (χ0n) is 17.4. The van der Waals surface area contributed by atoms with E-state index in [1.165, 1.54) is 0 Å². The summed E-state index contributed by atoms with van der Waals surface area (Å²) in [5, 5.41) is 23.0. The summed E-state index contributed by atoms with van der Waals surface area (Å²) in [4.78, 5) is 14.7. The van der Waals surface area contributed by atoms with E-state index in [-0.39, 0.29) is 24.3 Å². The highest BCUT2D eigenvalue weighted by Crippen LogP contribution is 2.35. The smallest absolute Gasteiger partial charge is 0.410 e. The van der Waals surface area contributed by atoms with Crippen LogP contribution < -0.4 is 5.32 Å². The predicted molar refractivity (Wildman–Crippen MR) is 103 cm³/mol. The molecule has 0 radical (unpaired) electrons. The molecule has 1 amide bonds. The molecule has 3 fully saturated rings. The minimum atomic E-state index is -1.04. The molecule has 8 nitrogen and oxygen atoms in total. The first-order valence-corrected chi connectivity index (χ1v) is 10.6. The fraction of sp³-hybridized carbons (Fsp3) is 0.950. The van der Waals surface area contributed by atoms with Gasteiger partial charge in [-0.2, -0.15) is 0 Å². The van der Waals surface area contributed by atoms with Gasteiger partial charge in [0.2, 0.25) is 6.41 Å². The van der Waals surface area contributed by atoms with Crippen molar-refractivity contribution in [3.05, 3.63) is 0 Å². The van der Waals surface area contributed by atoms with Crippen LogP contribution in [0.5, 0.6) is 0 Å². The normalized spacial score (nSPS) is 37.1. The number of likely N-dealkylation sites (tertiary alicyclic amines) is 1. The number of ether oxygens (including phenoxy) is 3. The Kier molecular flexibility index (Phi) is 6.87. The number of nitrogens with zero attached hydrogens (tertiary/aromatic N) is 1. The Morgan fingerprint density at radius 2 is 1.93 bits per heavy atom. The Balaban J connectivity index is 1.74. The largest absolute Gasteiger partial charge is 0.444 e. The molecule has 2 aliphatic heterocycles. The molecule has 1 aliphatic carbocycles. The van der Waals surface area contributed by atoms with Crippen molar-refractivity contribution >= 4 is 6.09 Å². The standard InChI is InChI=1S/C20H36N2O6/c1-19(2,3)28-18(25)22-11-4-9-20(10-12-26-17(24)21-20)16(22)13-27-15-7-5-14(23)6-8-15/h14-17,21,23-24H,4-13H2,1-3H3. The fourth-order valence-corrected chi connectivity index (χ4v) is 4.59. The van der Waals surface area contributed by atoms with Gasteiger partial charge < -0.3 is 29.3 Å². The predicted octanol–water partition coefficient (Wildman–Crippen LogP) is 1.73. The van der Waals surface area contributed by atoms with Gasteiger partial charge in [0.25, 0.3) is 0 Å². The number of rotatable bonds is 3. The summed E-state index contributed by atoms with van der Waals surface area (Å²) >= 11 is 0. The van der Waals surface area contributed by atoms with Crippen LogP contribution in [0.3, 0.4) is 0 Å². The number of carbonyl (C=O) groups is 1. The van der Waals surface area contributed by atoms with E-state index >= 15 is 0 Å². The van der Waals surface area contributed by atoms with Gasteiger partial charge in [-0.3, -0.25) is 5.32 Å². The van der Waals surface area contributed by atoms with Gasteiger partial charge in [0, 0.05) is 12.1 Å². The van der Waals surface area contributed by atoms with Crippen LogP contribution in [0.2, 0.25) is 0 Å². The SMILES string of the molecule is CC(C)(C)OC(=O)N1CCCC2(CCOC(O)N2)C1COC1CCC(O)CC1. The van der Waals surface area contributed by atoms with Crippen LogP contribution in [0.25, 0.3) is 0 Å². The molecular formula is C20H36N2O6. The summed E-state index contributed by atoms with van der Waals surface area (Å²) < 4.78 is 17.1. The van der Waals surface area contributed by atoms with E-state index in [4.69, 9.17) is 14.2 Å². The number of aliphatic hydroxyl groups excluding tert-OH is 2. The number of carbonyl (C=O) groups excluding carboxylic acids is 1. The van der Waals surface area contributed by atoms with Gasteiger partial charge >= 0.3 is 6.09 Å². The molecule has 3 rings (SSSR count). The van der Waals surface area contributed by atoms with Gasteiger partial charge in [0.05, 0.1) is 31.5 Å². The van der Waals surface area contributed by atoms with Crippen molar-refractivity contribution in [2.45, 2.75) is 102 Å². The minimum Gasteiger partial charge on any atom is -0.444 e. The first-order valence-electron chi connectivity index (χ1n) is 10.6. The highest BCUT2D eigenvalue weighted by atomic mass is 16.6. The third-order valence-electron chi connectivity index (χ3n) is 6.03. The Bertz CT molecular complexity index is 527. The summed E-state index contributed by atoms with van der Waals surface area (Å²) in [5.41, 5.74) is -1.03. The zero-order chi connectivity index (χ0) is 20.4. The summed E-state index contributed by atoms with van der Waals surface area (Å²) in [6.07, 6.45) is 3.98. The van der Waals surface area contributed by atoms with Gasteiger partial charge in [-0.05, 0) is 65.7 Å². The monoisotopic (exact) mass is 400 g/mol. The molecule has 2 heterocycles. The van der Waals surface area contributed by atoms with E-state index in [1.54, 1.807) is 4.90 Å². The van der Waals surface area contributed by atoms with Crippen LogP contribution >= 0.6 is 0 Å². The molecule has 3 unspecified atom stereocenters. The first-order chi connectivity index (χ1) is 13.2. The van der Waals surface area contributed by atoms with E-state index < -0.39 is 17.6 Å². The van der Waals surface area contributed by atoms with E-state index in [1.807, 2.05) is 20.8 Å². The van der Waals surface area contributed by atoms with Gasteiger partial charge in [0.15, 0.2) is 0 Å². The molecule has 162 valence electrons. The lowest BCUT2D eigenvalue weighted by molar-refractivity contribution is -0.189. The quantitative estimate of drug-likeness (QED) is 0.663. The van der Waals surface area contributed by atoms with Crippen LogP contribution in [0.15, 0.2) is 0 Å². The molecule has 0 aromatic rings. The molecule has 3 aliphatic rings. The number of amides is 1. The maximum absolute atomic E-state index is 12.9. The van der Waals surface area contributed by atoms with E-state index in [2.05, 4.69) is 5.32 Å². The minimum absolute atomic E-state index is 0.0904. The Hall–Kier alpha value is -0.930. The average molecular weight is 401 g/mol. The van der Waals surface area contributed by atoms with Crippen molar-refractivity contribution in [3.63, 3.8) is 0 Å². The summed E-state index contributed by atoms with van der Waals surface area (Å²) in [7, 11) is 0. The lowest BCUT2D eigenvalue weighted by atomic mass is 9.78. The third-order valence-corrected chi connectivity index (χ3v) is 6.03. The fourth-order valence-electron chi connectivity index (χ4n) is 4.59. The summed E-state index contributed by atoms with van der Waals surface area (Å²) in [6.45, 7) is 6.99. The molecule has 8 heteroatoms. The Morgan fingerprint density at radius 3 is 2.57 bits per heavy atom. The molecule has 3 atom stereocenters. The molecule has 0 bridgehead atoms. The molecule has 0 aromatic carbocycles. The van der Waals surface area contributed by atoms with Crippen molar-refractivity contribution in [2.24, 2.45) is 0 Å². The third kappa shape index (κ3) is 5.36. The summed E-state index contributed by atoms with van der Waals surface area (Å²) in [6, 6.07) is -0.249. The van der Waals surface area contributed by atoms with Gasteiger partial charge in [0.1, 0.15) is 5.60 Å². The second kappa shape index (κ2) is 8.83. The van der Waals surface area contributed by atoms with Crippen molar-refractivity contribution in [3.8, 4) is 0 Å². The Morgan fingerprint density at radius 1 is 1.21 bits per heavy atom. The number of hydrogen-bond donors (Lipinski definition) is 3. The van der Waals surface area contributed by atoms with E-state index in [0.29, 0.717) is 26.2 Å². The first kappa shape index (κ1) is 21.8. The van der Waals surface area contributed by atoms with Crippen molar-refractivity contribution in [2.75, 3.05) is 19.8 Å². The molecule has 1 spiro atoms. The number of nitrogens with one attached hydrogen (secondary N) is 1. The lowest BCUT2D eigenvalue weighted by Crippen LogP contribution is -2.71. The molecule has 2 saturated heterocycles. The van der Waals surface area contributed by atoms with Gasteiger partial charge in [-0.15, -0.1) is 0 Å². The number of hydrogen-bond acceptors (Lipinski definition) is 7.